The third-order valence-electron chi connectivity index (χ3n) is 12.3. The van der Waals surface area contributed by atoms with Crippen LogP contribution in [0.4, 0.5) is 42.9 Å². The van der Waals surface area contributed by atoms with Crippen LogP contribution in [0.2, 0.25) is 0 Å². The largest absolute Gasteiger partial charge is 0.310 e. The molecule has 0 aliphatic heterocycles. The predicted octanol–water partition coefficient (Wildman–Crippen LogP) is 17.9. The third-order valence-corrected chi connectivity index (χ3v) is 12.3. The van der Waals surface area contributed by atoms with Gasteiger partial charge in [-0.05, 0) is 106 Å². The summed E-state index contributed by atoms with van der Waals surface area (Å²) in [5.74, 6) is -0.869. The molecule has 0 unspecified atom stereocenters. The predicted molar refractivity (Wildman–Crippen MR) is 276 cm³/mol. The van der Waals surface area contributed by atoms with Gasteiger partial charge in [-0.3, -0.25) is 0 Å². The van der Waals surface area contributed by atoms with Crippen LogP contribution in [-0.4, -0.2) is 0 Å². The molecule has 0 heterocycles. The SMILES string of the molecule is Fc1c2ccc(/C=C/c3ccc(N(c4ccccc4)c4cccc5ccccc45)cc3)cc2c(F)c2ccc(/C=C/c3ccc(N(c4ccccc4)c4cccc5ccccc45)cc3)cc12. The van der Waals surface area contributed by atoms with Gasteiger partial charge < -0.3 is 9.80 Å². The van der Waals surface area contributed by atoms with Crippen LogP contribution in [0.15, 0.2) is 231 Å². The highest BCUT2D eigenvalue weighted by Crippen LogP contribution is 2.41. The van der Waals surface area contributed by atoms with Crippen molar-refractivity contribution in [2.45, 2.75) is 0 Å². The van der Waals surface area contributed by atoms with E-state index in [1.54, 1.807) is 24.3 Å². The Morgan fingerprint density at radius 3 is 1.02 bits per heavy atom. The Morgan fingerprint density at radius 1 is 0.258 bits per heavy atom. The highest BCUT2D eigenvalue weighted by Gasteiger charge is 2.18. The molecule has 0 N–H and O–H groups in total. The first-order valence-electron chi connectivity index (χ1n) is 22.1. The number of rotatable bonds is 10. The van der Waals surface area contributed by atoms with E-state index >= 15 is 8.78 Å². The fourth-order valence-corrected chi connectivity index (χ4v) is 9.04. The van der Waals surface area contributed by atoms with Gasteiger partial charge in [0.25, 0.3) is 0 Å². The average molecular weight is 853 g/mol. The smallest absolute Gasteiger partial charge is 0.139 e. The van der Waals surface area contributed by atoms with E-state index in [9.17, 15) is 0 Å². The first-order valence-corrected chi connectivity index (χ1v) is 22.1. The molecule has 66 heavy (non-hydrogen) atoms. The Morgan fingerprint density at radius 2 is 0.591 bits per heavy atom. The van der Waals surface area contributed by atoms with Gasteiger partial charge in [0.2, 0.25) is 0 Å². The molecule has 0 aliphatic rings. The monoisotopic (exact) mass is 852 g/mol. The topological polar surface area (TPSA) is 6.48 Å². The third kappa shape index (κ3) is 7.75. The van der Waals surface area contributed by atoms with Crippen molar-refractivity contribution in [1.29, 1.82) is 0 Å². The van der Waals surface area contributed by atoms with Crippen LogP contribution in [0.1, 0.15) is 22.3 Å². The minimum absolute atomic E-state index is 0.252. The van der Waals surface area contributed by atoms with Crippen LogP contribution in [0.25, 0.3) is 67.4 Å². The standard InChI is InChI=1S/C62H42F2N2/c63-61-56-40-34-46(28-26-44-31-37-52(38-32-44)66(50-19-5-2-6-20-50)60-24-12-16-48-14-8-10-22-54(48)60)42-58(56)62(64)55-39-33-45(41-57(55)61)27-25-43-29-35-51(36-30-43)65(49-17-3-1-4-18-49)59-23-11-15-47-13-7-9-21-53(47)59/h1-42H/b27-25+,28-26+. The number of hydrogen-bond acceptors (Lipinski definition) is 2. The molecule has 2 nitrogen and oxygen atoms in total. The molecule has 0 aromatic heterocycles. The second kappa shape index (κ2) is 17.5. The van der Waals surface area contributed by atoms with Crippen molar-refractivity contribution in [2.75, 3.05) is 9.80 Å². The molecule has 0 fully saturated rings. The molecule has 0 aliphatic carbocycles. The van der Waals surface area contributed by atoms with Gasteiger partial charge in [-0.25, -0.2) is 8.78 Å². The first kappa shape index (κ1) is 40.2. The van der Waals surface area contributed by atoms with Crippen molar-refractivity contribution in [3.63, 3.8) is 0 Å². The van der Waals surface area contributed by atoms with E-state index in [1.807, 2.05) is 48.6 Å². The molecule has 0 radical (unpaired) electrons. The maximum atomic E-state index is 16.3. The molecule has 0 saturated carbocycles. The summed E-state index contributed by atoms with van der Waals surface area (Å²) in [5.41, 5.74) is 9.91. The van der Waals surface area contributed by atoms with Crippen LogP contribution >= 0.6 is 0 Å². The molecule has 0 bridgehead atoms. The Kier molecular flexibility index (Phi) is 10.7. The van der Waals surface area contributed by atoms with Crippen molar-refractivity contribution >= 4 is 102 Å². The maximum absolute atomic E-state index is 16.3. The molecule has 11 rings (SSSR count). The fourth-order valence-electron chi connectivity index (χ4n) is 9.04. The van der Waals surface area contributed by atoms with Crippen LogP contribution in [0.3, 0.4) is 0 Å². The van der Waals surface area contributed by atoms with Crippen LogP contribution in [-0.2, 0) is 0 Å². The van der Waals surface area contributed by atoms with Gasteiger partial charge in [-0.2, -0.15) is 0 Å². The van der Waals surface area contributed by atoms with Gasteiger partial charge in [0.05, 0.1) is 11.4 Å². The lowest BCUT2D eigenvalue weighted by molar-refractivity contribution is 0.635. The number of benzene rings is 11. The lowest BCUT2D eigenvalue weighted by Crippen LogP contribution is -2.10. The van der Waals surface area contributed by atoms with Crippen molar-refractivity contribution in [2.24, 2.45) is 0 Å². The molecular weight excluding hydrogens is 811 g/mol. The number of anilines is 6. The van der Waals surface area contributed by atoms with E-state index in [0.717, 1.165) is 56.4 Å². The van der Waals surface area contributed by atoms with Gasteiger partial charge >= 0.3 is 0 Å². The average Bonchev–Trinajstić information content (AvgIpc) is 3.38. The Balaban J connectivity index is 0.838. The highest BCUT2D eigenvalue weighted by molar-refractivity contribution is 6.03. The van der Waals surface area contributed by atoms with Gasteiger partial charge in [-0.1, -0.05) is 182 Å². The van der Waals surface area contributed by atoms with Crippen LogP contribution < -0.4 is 9.80 Å². The van der Waals surface area contributed by atoms with Crippen LogP contribution in [0, 0.1) is 11.6 Å². The summed E-state index contributed by atoms with van der Waals surface area (Å²) in [6.45, 7) is 0. The normalized spacial score (nSPS) is 11.7. The molecular formula is C62H42F2N2. The van der Waals surface area contributed by atoms with Crippen molar-refractivity contribution in [3.05, 3.63) is 264 Å². The number of halogens is 2. The lowest BCUT2D eigenvalue weighted by atomic mass is 9.98. The van der Waals surface area contributed by atoms with Gasteiger partial charge in [0, 0.05) is 55.1 Å². The lowest BCUT2D eigenvalue weighted by Gasteiger charge is -2.27. The fraction of sp³-hybridized carbons (Fsp3) is 0. The quantitative estimate of drug-likeness (QED) is 0.0999. The summed E-state index contributed by atoms with van der Waals surface area (Å²) in [6, 6.07) is 77.6. The zero-order valence-electron chi connectivity index (χ0n) is 35.9. The van der Waals surface area contributed by atoms with Crippen molar-refractivity contribution in [1.82, 2.24) is 0 Å². The molecule has 314 valence electrons. The van der Waals surface area contributed by atoms with E-state index in [0.29, 0.717) is 0 Å². The summed E-state index contributed by atoms with van der Waals surface area (Å²) >= 11 is 0. The first-order chi connectivity index (χ1) is 32.6. The molecule has 4 heteroatoms. The molecule has 11 aromatic rings. The van der Waals surface area contributed by atoms with Crippen LogP contribution in [0.5, 0.6) is 0 Å². The molecule has 0 spiro atoms. The van der Waals surface area contributed by atoms with Crippen molar-refractivity contribution in [3.8, 4) is 0 Å². The molecule has 0 amide bonds. The zero-order valence-corrected chi connectivity index (χ0v) is 35.9. The summed E-state index contributed by atoms with van der Waals surface area (Å²) in [5, 5.41) is 5.69. The minimum Gasteiger partial charge on any atom is -0.310 e. The molecule has 0 atom stereocenters. The minimum atomic E-state index is -0.435. The van der Waals surface area contributed by atoms with E-state index in [1.165, 1.54) is 21.5 Å². The van der Waals surface area contributed by atoms with E-state index in [4.69, 9.17) is 0 Å². The molecule has 0 saturated heterocycles. The van der Waals surface area contributed by atoms with E-state index < -0.39 is 11.6 Å². The second-order valence-electron chi connectivity index (χ2n) is 16.4. The number of hydrogen-bond donors (Lipinski definition) is 0. The Labute approximate surface area is 382 Å². The maximum Gasteiger partial charge on any atom is 0.139 e. The van der Waals surface area contributed by atoms with Gasteiger partial charge in [0.15, 0.2) is 0 Å². The second-order valence-corrected chi connectivity index (χ2v) is 16.4. The Hall–Kier alpha value is -8.60. The van der Waals surface area contributed by atoms with Gasteiger partial charge in [0.1, 0.15) is 11.6 Å². The summed E-state index contributed by atoms with van der Waals surface area (Å²) in [4.78, 5) is 4.54. The zero-order chi connectivity index (χ0) is 44.4. The van der Waals surface area contributed by atoms with E-state index in [-0.39, 0.29) is 21.5 Å². The summed E-state index contributed by atoms with van der Waals surface area (Å²) in [6.07, 6.45) is 7.89. The number of fused-ring (bicyclic) bond motifs is 4. The summed E-state index contributed by atoms with van der Waals surface area (Å²) < 4.78 is 32.6. The Bertz CT molecular complexity index is 3350. The molecule has 11 aromatic carbocycles. The van der Waals surface area contributed by atoms with Crippen molar-refractivity contribution < 1.29 is 8.78 Å². The van der Waals surface area contributed by atoms with Gasteiger partial charge in [-0.15, -0.1) is 0 Å². The summed E-state index contributed by atoms with van der Waals surface area (Å²) in [7, 11) is 0. The number of para-hydroxylation sites is 2. The van der Waals surface area contributed by atoms with E-state index in [2.05, 4.69) is 192 Å². The number of nitrogens with zero attached hydrogens (tertiary/aromatic N) is 2. The highest BCUT2D eigenvalue weighted by atomic mass is 19.1.